The number of nitrogens with one attached hydrogen (secondary N) is 1. The van der Waals surface area contributed by atoms with Gasteiger partial charge in [-0.05, 0) is 48.6 Å². The van der Waals surface area contributed by atoms with E-state index < -0.39 is 11.7 Å². The molecule has 27 heavy (non-hydrogen) atoms. The van der Waals surface area contributed by atoms with Gasteiger partial charge >= 0.3 is 6.18 Å². The number of H-pyrrole nitrogens is 1. The quantitative estimate of drug-likeness (QED) is 0.679. The number of amides is 1. The Morgan fingerprint density at radius 3 is 2.74 bits per heavy atom. The van der Waals surface area contributed by atoms with Gasteiger partial charge in [0, 0.05) is 18.4 Å². The number of rotatable bonds is 3. The third-order valence-electron chi connectivity index (χ3n) is 5.25. The number of piperidine rings is 1. The molecule has 1 saturated heterocycles. The van der Waals surface area contributed by atoms with Crippen molar-refractivity contribution in [2.45, 2.75) is 31.0 Å². The van der Waals surface area contributed by atoms with Gasteiger partial charge in [-0.15, -0.1) is 0 Å². The van der Waals surface area contributed by atoms with Gasteiger partial charge in [-0.1, -0.05) is 18.2 Å². The molecule has 4 rings (SSSR count). The Morgan fingerprint density at radius 2 is 2.00 bits per heavy atom. The van der Waals surface area contributed by atoms with Crippen LogP contribution in [0.2, 0.25) is 0 Å². The van der Waals surface area contributed by atoms with E-state index >= 15 is 0 Å². The van der Waals surface area contributed by atoms with E-state index in [1.165, 1.54) is 6.07 Å². The molecule has 0 radical (unpaired) electrons. The third kappa shape index (κ3) is 3.29. The third-order valence-corrected chi connectivity index (χ3v) is 5.25. The van der Waals surface area contributed by atoms with Crippen LogP contribution in [0.25, 0.3) is 11.0 Å². The van der Waals surface area contributed by atoms with Crippen molar-refractivity contribution in [3.8, 4) is 0 Å². The van der Waals surface area contributed by atoms with E-state index in [1.54, 1.807) is 23.2 Å². The molecule has 0 aliphatic carbocycles. The fourth-order valence-corrected chi connectivity index (χ4v) is 3.97. The summed E-state index contributed by atoms with van der Waals surface area (Å²) in [4.78, 5) is 20.7. The second-order valence-electron chi connectivity index (χ2n) is 6.83. The first-order valence-corrected chi connectivity index (χ1v) is 8.78. The van der Waals surface area contributed by atoms with E-state index in [9.17, 15) is 18.0 Å². The number of aromatic nitrogens is 2. The summed E-state index contributed by atoms with van der Waals surface area (Å²) in [6.07, 6.45) is -1.01. The number of nitrogens with zero attached hydrogens (tertiary/aromatic N) is 2. The number of fused-ring (bicyclic) bond motifs is 1. The Balaban J connectivity index is 1.70. The molecule has 3 heterocycles. The minimum Gasteiger partial charge on any atom is -0.355 e. The lowest BCUT2D eigenvalue weighted by Crippen LogP contribution is -2.35. The summed E-state index contributed by atoms with van der Waals surface area (Å²) in [5.74, 6) is -0.275. The molecule has 2 unspecified atom stereocenters. The predicted octanol–water partition coefficient (Wildman–Crippen LogP) is 4.66. The molecule has 0 bridgehead atoms. The van der Waals surface area contributed by atoms with Crippen LogP contribution in [-0.4, -0.2) is 27.8 Å². The van der Waals surface area contributed by atoms with Crippen molar-refractivity contribution in [1.29, 1.82) is 0 Å². The van der Waals surface area contributed by atoms with E-state index in [4.69, 9.17) is 0 Å². The molecule has 1 aliphatic heterocycles. The molecular formula is C20H18F3N3O. The zero-order valence-electron chi connectivity index (χ0n) is 14.4. The molecule has 1 N–H and O–H groups in total. The number of hydrogen-bond acceptors (Lipinski definition) is 2. The maximum Gasteiger partial charge on any atom is 0.416 e. The lowest BCUT2D eigenvalue weighted by molar-refractivity contribution is -0.138. The van der Waals surface area contributed by atoms with Crippen LogP contribution in [-0.2, 0) is 11.0 Å². The van der Waals surface area contributed by atoms with E-state index in [0.29, 0.717) is 24.9 Å². The molecule has 0 spiro atoms. The molecule has 1 aliphatic rings. The average Bonchev–Trinajstić information content (AvgIpc) is 3.11. The van der Waals surface area contributed by atoms with Gasteiger partial charge in [0.25, 0.3) is 0 Å². The molecule has 3 aromatic rings. The summed E-state index contributed by atoms with van der Waals surface area (Å²) in [5.41, 5.74) is 2.12. The SMILES string of the molecule is O=CN1CCC(c2ccccc2C(F)(F)F)CC1c1cc2ncccc2[nH]1. The molecule has 2 atom stereocenters. The number of pyridine rings is 1. The number of likely N-dealkylation sites (tertiary alicyclic amines) is 1. The maximum atomic E-state index is 13.4. The Bertz CT molecular complexity index is 933. The minimum atomic E-state index is -4.39. The van der Waals surface area contributed by atoms with E-state index in [1.807, 2.05) is 18.2 Å². The molecule has 140 valence electrons. The second-order valence-corrected chi connectivity index (χ2v) is 6.83. The Morgan fingerprint density at radius 1 is 1.19 bits per heavy atom. The smallest absolute Gasteiger partial charge is 0.355 e. The number of benzene rings is 1. The second kappa shape index (κ2) is 6.72. The number of halogens is 3. The Labute approximate surface area is 154 Å². The first-order valence-electron chi connectivity index (χ1n) is 8.78. The van der Waals surface area contributed by atoms with Gasteiger partial charge in [-0.3, -0.25) is 9.78 Å². The van der Waals surface area contributed by atoms with Crippen LogP contribution in [0.1, 0.15) is 41.6 Å². The van der Waals surface area contributed by atoms with Gasteiger partial charge in [0.05, 0.1) is 22.6 Å². The Kier molecular flexibility index (Phi) is 4.37. The van der Waals surface area contributed by atoms with Crippen molar-refractivity contribution in [3.63, 3.8) is 0 Å². The van der Waals surface area contributed by atoms with E-state index in [2.05, 4.69) is 9.97 Å². The molecular weight excluding hydrogens is 355 g/mol. The van der Waals surface area contributed by atoms with Crippen LogP contribution in [0.3, 0.4) is 0 Å². The fourth-order valence-electron chi connectivity index (χ4n) is 3.97. The van der Waals surface area contributed by atoms with Crippen molar-refractivity contribution in [1.82, 2.24) is 14.9 Å². The molecule has 0 saturated carbocycles. The normalized spacial score (nSPS) is 20.8. The molecule has 2 aromatic heterocycles. The Hall–Kier alpha value is -2.83. The van der Waals surface area contributed by atoms with Gasteiger partial charge in [0.2, 0.25) is 6.41 Å². The highest BCUT2D eigenvalue weighted by Crippen LogP contribution is 2.43. The standard InChI is InChI=1S/C20H18F3N3O/c21-20(22,23)15-5-2-1-4-14(15)13-7-9-26(12-27)19(10-13)18-11-17-16(25-18)6-3-8-24-17/h1-6,8,11-13,19,25H,7,9-10H2. The molecule has 1 amide bonds. The highest BCUT2D eigenvalue weighted by Gasteiger charge is 2.38. The molecule has 1 aromatic carbocycles. The monoisotopic (exact) mass is 373 g/mol. The van der Waals surface area contributed by atoms with E-state index in [-0.39, 0.29) is 12.0 Å². The number of carbonyl (C=O) groups excluding carboxylic acids is 1. The topological polar surface area (TPSA) is 49.0 Å². The summed E-state index contributed by atoms with van der Waals surface area (Å²) in [6.45, 7) is 0.411. The lowest BCUT2D eigenvalue weighted by Gasteiger charge is -2.37. The first-order chi connectivity index (χ1) is 13.0. The summed E-state index contributed by atoms with van der Waals surface area (Å²) in [6, 6.07) is 11.0. The van der Waals surface area contributed by atoms with Crippen molar-refractivity contribution >= 4 is 17.4 Å². The van der Waals surface area contributed by atoms with Gasteiger partial charge in [-0.2, -0.15) is 13.2 Å². The first kappa shape index (κ1) is 17.6. The van der Waals surface area contributed by atoms with Crippen molar-refractivity contribution in [3.05, 3.63) is 65.5 Å². The average molecular weight is 373 g/mol. The summed E-state index contributed by atoms with van der Waals surface area (Å²) in [7, 11) is 0. The summed E-state index contributed by atoms with van der Waals surface area (Å²) in [5, 5.41) is 0. The largest absolute Gasteiger partial charge is 0.416 e. The zero-order chi connectivity index (χ0) is 19.0. The summed E-state index contributed by atoms with van der Waals surface area (Å²) < 4.78 is 40.3. The van der Waals surface area contributed by atoms with Crippen molar-refractivity contribution < 1.29 is 18.0 Å². The molecule has 1 fully saturated rings. The highest BCUT2D eigenvalue weighted by atomic mass is 19.4. The number of aromatic amines is 1. The molecule has 4 nitrogen and oxygen atoms in total. The van der Waals surface area contributed by atoms with Crippen LogP contribution in [0, 0.1) is 0 Å². The van der Waals surface area contributed by atoms with Crippen LogP contribution in [0.4, 0.5) is 13.2 Å². The van der Waals surface area contributed by atoms with Crippen LogP contribution in [0.5, 0.6) is 0 Å². The van der Waals surface area contributed by atoms with Gasteiger partial charge in [0.15, 0.2) is 0 Å². The van der Waals surface area contributed by atoms with Crippen LogP contribution in [0.15, 0.2) is 48.7 Å². The zero-order valence-corrected chi connectivity index (χ0v) is 14.4. The molecule has 7 heteroatoms. The maximum absolute atomic E-state index is 13.4. The lowest BCUT2D eigenvalue weighted by atomic mass is 9.82. The van der Waals surface area contributed by atoms with Gasteiger partial charge < -0.3 is 9.88 Å². The number of carbonyl (C=O) groups is 1. The fraction of sp³-hybridized carbons (Fsp3) is 0.300. The predicted molar refractivity (Wildman–Crippen MR) is 95.0 cm³/mol. The van der Waals surface area contributed by atoms with Crippen molar-refractivity contribution in [2.24, 2.45) is 0 Å². The minimum absolute atomic E-state index is 0.275. The van der Waals surface area contributed by atoms with E-state index in [0.717, 1.165) is 29.2 Å². The van der Waals surface area contributed by atoms with Gasteiger partial charge in [-0.25, -0.2) is 0 Å². The number of alkyl halides is 3. The van der Waals surface area contributed by atoms with Gasteiger partial charge in [0.1, 0.15) is 0 Å². The van der Waals surface area contributed by atoms with Crippen LogP contribution >= 0.6 is 0 Å². The highest BCUT2D eigenvalue weighted by molar-refractivity contribution is 5.76. The summed E-state index contributed by atoms with van der Waals surface area (Å²) >= 11 is 0. The number of hydrogen-bond donors (Lipinski definition) is 1. The van der Waals surface area contributed by atoms with Crippen LogP contribution < -0.4 is 0 Å². The van der Waals surface area contributed by atoms with Crippen molar-refractivity contribution in [2.75, 3.05) is 6.54 Å².